The molecule has 0 bridgehead atoms. The number of aromatic hydroxyl groups is 8. The highest BCUT2D eigenvalue weighted by Crippen LogP contribution is 2.53. The van der Waals surface area contributed by atoms with Gasteiger partial charge in [0.1, 0.15) is 40.6 Å². The third-order valence-electron chi connectivity index (χ3n) is 7.60. The number of aliphatic hydroxyl groups is 2. The fourth-order valence-corrected chi connectivity index (χ4v) is 5.55. The van der Waals surface area contributed by atoms with E-state index in [1.165, 1.54) is 30.3 Å². The number of ether oxygens (including phenoxy) is 2. The molecule has 218 valence electrons. The lowest BCUT2D eigenvalue weighted by molar-refractivity contribution is 0.0195. The Morgan fingerprint density at radius 1 is 0.548 bits per heavy atom. The molecule has 0 saturated heterocycles. The van der Waals surface area contributed by atoms with Crippen LogP contribution in [0.1, 0.15) is 34.5 Å². The normalized spacial score (nSPS) is 21.1. The average molecular weight is 579 g/mol. The molecule has 4 atom stereocenters. The molecule has 0 aromatic heterocycles. The molecular formula is C30H26O12. The minimum absolute atomic E-state index is 0.0231. The van der Waals surface area contributed by atoms with Crippen LogP contribution in [-0.4, -0.2) is 63.3 Å². The van der Waals surface area contributed by atoms with E-state index in [9.17, 15) is 51.1 Å². The maximum atomic E-state index is 11.4. The van der Waals surface area contributed by atoms with E-state index in [0.717, 1.165) is 18.2 Å². The van der Waals surface area contributed by atoms with Gasteiger partial charge in [0.05, 0.1) is 17.8 Å². The van der Waals surface area contributed by atoms with Crippen molar-refractivity contribution in [3.05, 3.63) is 70.8 Å². The minimum Gasteiger partial charge on any atom is -0.508 e. The molecule has 0 aliphatic carbocycles. The molecule has 4 aromatic rings. The average Bonchev–Trinajstić information content (AvgIpc) is 2.92. The van der Waals surface area contributed by atoms with Gasteiger partial charge in [0.25, 0.3) is 0 Å². The molecule has 4 aromatic carbocycles. The zero-order valence-corrected chi connectivity index (χ0v) is 21.6. The third-order valence-corrected chi connectivity index (χ3v) is 7.60. The number of fused-ring (bicyclic) bond motifs is 2. The van der Waals surface area contributed by atoms with E-state index >= 15 is 0 Å². The van der Waals surface area contributed by atoms with Gasteiger partial charge >= 0.3 is 0 Å². The number of phenolic OH excluding ortho intramolecular Hbond substituents is 8. The molecule has 2 heterocycles. The Kier molecular flexibility index (Phi) is 6.24. The quantitative estimate of drug-likeness (QED) is 0.159. The Morgan fingerprint density at radius 3 is 1.90 bits per heavy atom. The van der Waals surface area contributed by atoms with Crippen LogP contribution >= 0.6 is 0 Å². The van der Waals surface area contributed by atoms with Gasteiger partial charge in [0, 0.05) is 53.3 Å². The standard InChI is InChI=1S/C30H26O12/c31-12-4-18(33)15-8-24(39)30(42-25(15)5-12)14-7-21(36)20(35)6-13(14)27-22(37)10-26-16(28(27)40)9-23(38)29(41-26)11-1-2-17(32)19(34)3-11/h1-7,10,23-24,29-40H,8-9H2. The maximum absolute atomic E-state index is 11.4. The van der Waals surface area contributed by atoms with Gasteiger partial charge in [0.15, 0.2) is 29.1 Å². The van der Waals surface area contributed by atoms with Gasteiger partial charge in [-0.1, -0.05) is 6.07 Å². The van der Waals surface area contributed by atoms with Crippen LogP contribution in [0.5, 0.6) is 57.5 Å². The van der Waals surface area contributed by atoms with Gasteiger partial charge in [-0.05, 0) is 29.8 Å². The highest BCUT2D eigenvalue weighted by atomic mass is 16.5. The van der Waals surface area contributed by atoms with Gasteiger partial charge < -0.3 is 60.5 Å². The maximum Gasteiger partial charge on any atom is 0.158 e. The first-order valence-electron chi connectivity index (χ1n) is 12.8. The molecular weight excluding hydrogens is 552 g/mol. The lowest BCUT2D eigenvalue weighted by Gasteiger charge is -2.34. The zero-order valence-electron chi connectivity index (χ0n) is 21.6. The monoisotopic (exact) mass is 578 g/mol. The zero-order chi connectivity index (χ0) is 30.0. The summed E-state index contributed by atoms with van der Waals surface area (Å²) in [7, 11) is 0. The predicted molar refractivity (Wildman–Crippen MR) is 144 cm³/mol. The Balaban J connectivity index is 1.45. The molecule has 0 radical (unpaired) electrons. The Hall–Kier alpha value is -5.20. The van der Waals surface area contributed by atoms with Crippen molar-refractivity contribution >= 4 is 0 Å². The molecule has 0 saturated carbocycles. The van der Waals surface area contributed by atoms with E-state index in [4.69, 9.17) is 9.47 Å². The van der Waals surface area contributed by atoms with Crippen molar-refractivity contribution in [2.45, 2.75) is 37.3 Å². The summed E-state index contributed by atoms with van der Waals surface area (Å²) in [6.07, 6.45) is -5.05. The summed E-state index contributed by atoms with van der Waals surface area (Å²) in [5.41, 5.74) is 0.488. The first kappa shape index (κ1) is 27.0. The fraction of sp³-hybridized carbons (Fsp3) is 0.200. The molecule has 12 nitrogen and oxygen atoms in total. The van der Waals surface area contributed by atoms with Crippen molar-refractivity contribution in [1.29, 1.82) is 0 Å². The first-order valence-corrected chi connectivity index (χ1v) is 12.8. The van der Waals surface area contributed by atoms with E-state index < -0.39 is 53.2 Å². The van der Waals surface area contributed by atoms with Crippen molar-refractivity contribution in [2.24, 2.45) is 0 Å². The molecule has 10 N–H and O–H groups in total. The summed E-state index contributed by atoms with van der Waals surface area (Å²) in [6, 6.07) is 9.60. The molecule has 2 aliphatic heterocycles. The first-order chi connectivity index (χ1) is 19.9. The Labute approximate surface area is 237 Å². The molecule has 42 heavy (non-hydrogen) atoms. The second-order valence-electron chi connectivity index (χ2n) is 10.3. The summed E-state index contributed by atoms with van der Waals surface area (Å²) in [6.45, 7) is 0. The van der Waals surface area contributed by atoms with Gasteiger partial charge in [-0.3, -0.25) is 0 Å². The van der Waals surface area contributed by atoms with E-state index in [0.29, 0.717) is 5.56 Å². The van der Waals surface area contributed by atoms with Crippen molar-refractivity contribution < 1.29 is 60.5 Å². The number of rotatable bonds is 3. The van der Waals surface area contributed by atoms with Crippen LogP contribution in [0.15, 0.2) is 48.5 Å². The van der Waals surface area contributed by atoms with Crippen LogP contribution in [0.4, 0.5) is 0 Å². The second kappa shape index (κ2) is 9.72. The summed E-state index contributed by atoms with van der Waals surface area (Å²) in [4.78, 5) is 0. The number of hydrogen-bond acceptors (Lipinski definition) is 12. The lowest BCUT2D eigenvalue weighted by atomic mass is 9.86. The summed E-state index contributed by atoms with van der Waals surface area (Å²) >= 11 is 0. The van der Waals surface area contributed by atoms with Crippen molar-refractivity contribution in [1.82, 2.24) is 0 Å². The van der Waals surface area contributed by atoms with Gasteiger partial charge in [0.2, 0.25) is 0 Å². The van der Waals surface area contributed by atoms with E-state index in [1.54, 1.807) is 0 Å². The summed E-state index contributed by atoms with van der Waals surface area (Å²) in [5, 5.41) is 105. The number of aliphatic hydroxyl groups excluding tert-OH is 2. The number of hydrogen-bond donors (Lipinski definition) is 10. The van der Waals surface area contributed by atoms with E-state index in [1.807, 2.05) is 0 Å². The van der Waals surface area contributed by atoms with Crippen molar-refractivity contribution in [3.8, 4) is 68.6 Å². The second-order valence-corrected chi connectivity index (χ2v) is 10.3. The molecule has 4 unspecified atom stereocenters. The van der Waals surface area contributed by atoms with Gasteiger partial charge in [-0.2, -0.15) is 0 Å². The van der Waals surface area contributed by atoms with Crippen LogP contribution in [-0.2, 0) is 12.8 Å². The lowest BCUT2D eigenvalue weighted by Crippen LogP contribution is -2.31. The molecule has 6 rings (SSSR count). The number of phenols is 8. The third kappa shape index (κ3) is 4.33. The van der Waals surface area contributed by atoms with Crippen molar-refractivity contribution in [3.63, 3.8) is 0 Å². The summed E-state index contributed by atoms with van der Waals surface area (Å²) in [5.74, 6) is -3.49. The number of benzene rings is 4. The van der Waals surface area contributed by atoms with Crippen LogP contribution in [0.3, 0.4) is 0 Å². The highest BCUT2D eigenvalue weighted by Gasteiger charge is 2.38. The summed E-state index contributed by atoms with van der Waals surface area (Å²) < 4.78 is 11.8. The van der Waals surface area contributed by atoms with E-state index in [-0.39, 0.29) is 69.4 Å². The van der Waals surface area contributed by atoms with Crippen LogP contribution in [0.2, 0.25) is 0 Å². The molecule has 0 amide bonds. The largest absolute Gasteiger partial charge is 0.508 e. The van der Waals surface area contributed by atoms with Crippen LogP contribution < -0.4 is 9.47 Å². The predicted octanol–water partition coefficient (Wildman–Crippen LogP) is 3.07. The minimum atomic E-state index is -1.30. The van der Waals surface area contributed by atoms with Gasteiger partial charge in [-0.25, -0.2) is 0 Å². The Bertz CT molecular complexity index is 1730. The molecule has 2 aliphatic rings. The molecule has 12 heteroatoms. The van der Waals surface area contributed by atoms with E-state index in [2.05, 4.69) is 0 Å². The van der Waals surface area contributed by atoms with Crippen LogP contribution in [0.25, 0.3) is 11.1 Å². The van der Waals surface area contributed by atoms with Gasteiger partial charge in [-0.15, -0.1) is 0 Å². The highest BCUT2D eigenvalue weighted by molar-refractivity contribution is 5.84. The molecule has 0 spiro atoms. The fourth-order valence-electron chi connectivity index (χ4n) is 5.55. The topological polar surface area (TPSA) is 221 Å². The smallest absolute Gasteiger partial charge is 0.158 e. The molecule has 0 fully saturated rings. The SMILES string of the molecule is Oc1cc(O)c2c(c1)OC(c1cc(O)c(O)cc1-c1c(O)cc3c(c1O)CC(O)C(c1ccc(O)c(O)c1)O3)C(O)C2. The van der Waals surface area contributed by atoms with Crippen molar-refractivity contribution in [2.75, 3.05) is 0 Å². The van der Waals surface area contributed by atoms with Crippen LogP contribution in [0, 0.1) is 0 Å². The Morgan fingerprint density at radius 2 is 1.17 bits per heavy atom.